The molecule has 17 heavy (non-hydrogen) atoms. The van der Waals surface area contributed by atoms with E-state index in [0.717, 1.165) is 23.8 Å². The van der Waals surface area contributed by atoms with Gasteiger partial charge in [-0.3, -0.25) is 0 Å². The van der Waals surface area contributed by atoms with Gasteiger partial charge in [0.15, 0.2) is 11.5 Å². The first-order valence-corrected chi connectivity index (χ1v) is 7.43. The molecular formula is C12H14ClN3S. The molecule has 0 aliphatic carbocycles. The first-order chi connectivity index (χ1) is 8.31. The lowest BCUT2D eigenvalue weighted by atomic mass is 10.0. The van der Waals surface area contributed by atoms with Crippen LogP contribution in [0.5, 0.6) is 0 Å². The molecule has 3 nitrogen and oxygen atoms in total. The fourth-order valence-corrected chi connectivity index (χ4v) is 3.53. The first-order valence-electron chi connectivity index (χ1n) is 5.90. The molecule has 0 N–H and O–H groups in total. The summed E-state index contributed by atoms with van der Waals surface area (Å²) >= 11 is 7.98. The van der Waals surface area contributed by atoms with Gasteiger partial charge in [0, 0.05) is 23.7 Å². The van der Waals surface area contributed by atoms with E-state index in [2.05, 4.69) is 10.1 Å². The molecule has 1 unspecified atom stereocenters. The summed E-state index contributed by atoms with van der Waals surface area (Å²) in [5.41, 5.74) is 0.843. The topological polar surface area (TPSA) is 30.2 Å². The second-order valence-corrected chi connectivity index (χ2v) is 6.05. The maximum Gasteiger partial charge on any atom is 0.157 e. The van der Waals surface area contributed by atoms with Gasteiger partial charge in [-0.05, 0) is 36.3 Å². The average molecular weight is 268 g/mol. The molecule has 0 saturated carbocycles. The van der Waals surface area contributed by atoms with E-state index in [1.165, 1.54) is 24.3 Å². The summed E-state index contributed by atoms with van der Waals surface area (Å²) in [6.45, 7) is 0. The van der Waals surface area contributed by atoms with Crippen molar-refractivity contribution in [3.63, 3.8) is 0 Å². The molecule has 0 bridgehead atoms. The van der Waals surface area contributed by atoms with Gasteiger partial charge >= 0.3 is 0 Å². The highest BCUT2D eigenvalue weighted by Crippen LogP contribution is 2.25. The van der Waals surface area contributed by atoms with Crippen LogP contribution in [0.1, 0.15) is 18.7 Å². The molecule has 2 aromatic heterocycles. The van der Waals surface area contributed by atoms with Crippen molar-refractivity contribution in [3.05, 3.63) is 29.2 Å². The number of pyridine rings is 1. The summed E-state index contributed by atoms with van der Waals surface area (Å²) in [7, 11) is 0. The van der Waals surface area contributed by atoms with E-state index < -0.39 is 0 Å². The van der Waals surface area contributed by atoms with Crippen LogP contribution in [-0.4, -0.2) is 26.1 Å². The van der Waals surface area contributed by atoms with E-state index in [1.54, 1.807) is 4.52 Å². The number of rotatable bonds is 2. The lowest BCUT2D eigenvalue weighted by molar-refractivity contribution is 0.508. The van der Waals surface area contributed by atoms with E-state index in [4.69, 9.17) is 11.6 Å². The smallest absolute Gasteiger partial charge is 0.157 e. The van der Waals surface area contributed by atoms with E-state index >= 15 is 0 Å². The van der Waals surface area contributed by atoms with Crippen molar-refractivity contribution in [2.45, 2.75) is 19.3 Å². The summed E-state index contributed by atoms with van der Waals surface area (Å²) in [4.78, 5) is 4.53. The number of nitrogens with zero attached hydrogens (tertiary/aromatic N) is 3. The van der Waals surface area contributed by atoms with Gasteiger partial charge in [-0.25, -0.2) is 9.50 Å². The van der Waals surface area contributed by atoms with E-state index in [-0.39, 0.29) is 0 Å². The standard InChI is InChI=1S/C12H14ClN3S/c13-10-3-4-16-12(7-10)14-11(15-16)6-9-2-1-5-17-8-9/h3-4,7,9H,1-2,5-6,8H2. The Morgan fingerprint density at radius 2 is 2.47 bits per heavy atom. The first kappa shape index (κ1) is 11.4. The van der Waals surface area contributed by atoms with Crippen LogP contribution in [0.25, 0.3) is 5.65 Å². The zero-order chi connectivity index (χ0) is 11.7. The van der Waals surface area contributed by atoms with Crippen molar-refractivity contribution < 1.29 is 0 Å². The fraction of sp³-hybridized carbons (Fsp3) is 0.500. The number of hydrogen-bond acceptors (Lipinski definition) is 3. The Labute approximate surface area is 110 Å². The van der Waals surface area contributed by atoms with Crippen molar-refractivity contribution in [1.82, 2.24) is 14.6 Å². The maximum atomic E-state index is 5.94. The SMILES string of the molecule is Clc1ccn2nc(CC3CCCSC3)nc2c1. The van der Waals surface area contributed by atoms with Gasteiger partial charge in [0.2, 0.25) is 0 Å². The van der Waals surface area contributed by atoms with Gasteiger partial charge in [-0.2, -0.15) is 16.9 Å². The predicted octanol–water partition coefficient (Wildman–Crippen LogP) is 3.07. The third-order valence-electron chi connectivity index (χ3n) is 3.07. The highest BCUT2D eigenvalue weighted by atomic mass is 35.5. The summed E-state index contributed by atoms with van der Waals surface area (Å²) in [5, 5.41) is 5.20. The average Bonchev–Trinajstić information content (AvgIpc) is 2.71. The largest absolute Gasteiger partial charge is 0.221 e. The van der Waals surface area contributed by atoms with Gasteiger partial charge in [0.05, 0.1) is 0 Å². The van der Waals surface area contributed by atoms with Gasteiger partial charge < -0.3 is 0 Å². The molecule has 0 radical (unpaired) electrons. The minimum absolute atomic E-state index is 0.713. The Morgan fingerprint density at radius 3 is 3.29 bits per heavy atom. The van der Waals surface area contributed by atoms with Crippen molar-refractivity contribution >= 4 is 29.0 Å². The van der Waals surface area contributed by atoms with Gasteiger partial charge in [-0.15, -0.1) is 0 Å². The summed E-state index contributed by atoms with van der Waals surface area (Å²) < 4.78 is 1.80. The predicted molar refractivity (Wildman–Crippen MR) is 71.8 cm³/mol. The normalized spacial score (nSPS) is 20.9. The summed E-state index contributed by atoms with van der Waals surface area (Å²) in [5.74, 6) is 4.24. The molecule has 0 spiro atoms. The number of aromatic nitrogens is 3. The van der Waals surface area contributed by atoms with E-state index in [0.29, 0.717) is 5.02 Å². The van der Waals surface area contributed by atoms with Crippen molar-refractivity contribution in [1.29, 1.82) is 0 Å². The Balaban J connectivity index is 1.80. The lowest BCUT2D eigenvalue weighted by Crippen LogP contribution is -2.13. The number of halogens is 1. The van der Waals surface area contributed by atoms with Gasteiger partial charge in [0.25, 0.3) is 0 Å². The Bertz CT molecular complexity index is 519. The monoisotopic (exact) mass is 267 g/mol. The van der Waals surface area contributed by atoms with Crippen molar-refractivity contribution in [3.8, 4) is 0 Å². The second-order valence-electron chi connectivity index (χ2n) is 4.46. The molecule has 1 saturated heterocycles. The number of fused-ring (bicyclic) bond motifs is 1. The maximum absolute atomic E-state index is 5.94. The van der Waals surface area contributed by atoms with Crippen LogP contribution >= 0.6 is 23.4 Å². The van der Waals surface area contributed by atoms with Crippen LogP contribution in [-0.2, 0) is 6.42 Å². The highest BCUT2D eigenvalue weighted by Gasteiger charge is 2.16. The number of hydrogen-bond donors (Lipinski definition) is 0. The quantitative estimate of drug-likeness (QED) is 0.838. The Kier molecular flexibility index (Phi) is 3.25. The minimum atomic E-state index is 0.713. The lowest BCUT2D eigenvalue weighted by Gasteiger charge is -2.19. The van der Waals surface area contributed by atoms with Crippen LogP contribution in [0.4, 0.5) is 0 Å². The van der Waals surface area contributed by atoms with Gasteiger partial charge in [0.1, 0.15) is 0 Å². The molecular weight excluding hydrogens is 254 g/mol. The molecule has 90 valence electrons. The van der Waals surface area contributed by atoms with Gasteiger partial charge in [-0.1, -0.05) is 11.6 Å². The summed E-state index contributed by atoms with van der Waals surface area (Å²) in [6, 6.07) is 3.69. The summed E-state index contributed by atoms with van der Waals surface area (Å²) in [6.07, 6.45) is 5.49. The van der Waals surface area contributed by atoms with Crippen LogP contribution in [0, 0.1) is 5.92 Å². The number of thioether (sulfide) groups is 1. The van der Waals surface area contributed by atoms with Crippen LogP contribution < -0.4 is 0 Å². The van der Waals surface area contributed by atoms with Crippen molar-refractivity contribution in [2.75, 3.05) is 11.5 Å². The molecule has 0 amide bonds. The van der Waals surface area contributed by atoms with Crippen LogP contribution in [0.2, 0.25) is 5.02 Å². The van der Waals surface area contributed by atoms with Crippen molar-refractivity contribution in [2.24, 2.45) is 5.92 Å². The molecule has 3 rings (SSSR count). The molecule has 1 atom stereocenters. The van der Waals surface area contributed by atoms with Crippen LogP contribution in [0.3, 0.4) is 0 Å². The fourth-order valence-electron chi connectivity index (χ4n) is 2.22. The molecule has 1 aliphatic heterocycles. The zero-order valence-electron chi connectivity index (χ0n) is 9.47. The van der Waals surface area contributed by atoms with E-state index in [1.807, 2.05) is 30.1 Å². The third-order valence-corrected chi connectivity index (χ3v) is 4.59. The molecule has 1 fully saturated rings. The zero-order valence-corrected chi connectivity index (χ0v) is 11.0. The molecule has 5 heteroatoms. The van der Waals surface area contributed by atoms with E-state index in [9.17, 15) is 0 Å². The molecule has 1 aliphatic rings. The van der Waals surface area contributed by atoms with Crippen LogP contribution in [0.15, 0.2) is 18.3 Å². The minimum Gasteiger partial charge on any atom is -0.221 e. The molecule has 2 aromatic rings. The Hall–Kier alpha value is -0.740. The second kappa shape index (κ2) is 4.86. The Morgan fingerprint density at radius 1 is 1.53 bits per heavy atom. The highest BCUT2D eigenvalue weighted by molar-refractivity contribution is 7.99. The third kappa shape index (κ3) is 2.58. The molecule has 0 aromatic carbocycles. The molecule has 3 heterocycles.